The normalized spacial score (nSPS) is 15.6. The number of benzene rings is 1. The number of piperidine rings is 1. The van der Waals surface area contributed by atoms with Crippen LogP contribution in [0.15, 0.2) is 30.3 Å². The zero-order valence-corrected chi connectivity index (χ0v) is 24.6. The molecule has 0 unspecified atom stereocenters. The molecule has 3 heterocycles. The predicted octanol–water partition coefficient (Wildman–Crippen LogP) is 1.92. The number of nitrogens with one attached hydrogen (secondary N) is 2. The van der Waals surface area contributed by atoms with Gasteiger partial charge in [0.15, 0.2) is 6.61 Å². The highest BCUT2D eigenvalue weighted by molar-refractivity contribution is 7.14. The highest BCUT2D eigenvalue weighted by Gasteiger charge is 2.38. The number of aliphatic carboxylic acids is 3. The zero-order chi connectivity index (χ0) is 33.1. The molecule has 0 spiro atoms. The number of ether oxygens (including phenoxy) is 2. The van der Waals surface area contributed by atoms with Gasteiger partial charge < -0.3 is 40.3 Å². The molecule has 0 aliphatic carbocycles. The van der Waals surface area contributed by atoms with Crippen LogP contribution in [0.4, 0.5) is 13.2 Å². The van der Waals surface area contributed by atoms with Gasteiger partial charge in [-0.15, -0.1) is 11.3 Å². The van der Waals surface area contributed by atoms with Crippen molar-refractivity contribution in [3.63, 3.8) is 0 Å². The van der Waals surface area contributed by atoms with Gasteiger partial charge in [0, 0.05) is 37.5 Å². The second kappa shape index (κ2) is 16.2. The van der Waals surface area contributed by atoms with E-state index in [1.807, 2.05) is 6.07 Å². The zero-order valence-electron chi connectivity index (χ0n) is 23.8. The molecule has 13 nitrogen and oxygen atoms in total. The van der Waals surface area contributed by atoms with Crippen LogP contribution < -0.4 is 15.4 Å². The van der Waals surface area contributed by atoms with Crippen molar-refractivity contribution in [3.8, 4) is 5.75 Å². The average molecular weight is 660 g/mol. The Balaban J connectivity index is 0.000000707. The molecule has 2 aliphatic heterocycles. The van der Waals surface area contributed by atoms with E-state index < -0.39 is 36.7 Å². The minimum Gasteiger partial charge on any atom is -0.482 e. The fourth-order valence-electron chi connectivity index (χ4n) is 4.55. The lowest BCUT2D eigenvalue weighted by atomic mass is 10.0. The first-order valence-corrected chi connectivity index (χ1v) is 14.5. The van der Waals surface area contributed by atoms with Crippen LogP contribution in [0.25, 0.3) is 0 Å². The lowest BCUT2D eigenvalue weighted by Crippen LogP contribution is -2.52. The number of halogens is 3. The smallest absolute Gasteiger partial charge is 0.482 e. The van der Waals surface area contributed by atoms with Crippen molar-refractivity contribution in [2.24, 2.45) is 0 Å². The molecule has 17 heteroatoms. The first kappa shape index (κ1) is 35.3. The Kier molecular flexibility index (Phi) is 12.7. The van der Waals surface area contributed by atoms with Gasteiger partial charge in [-0.25, -0.2) is 14.4 Å². The van der Waals surface area contributed by atoms with E-state index in [1.165, 1.54) is 16.2 Å². The number of fused-ring (bicyclic) bond motifs is 1. The van der Waals surface area contributed by atoms with Crippen LogP contribution in [0.2, 0.25) is 0 Å². The van der Waals surface area contributed by atoms with Crippen LogP contribution in [0.1, 0.15) is 38.5 Å². The summed E-state index contributed by atoms with van der Waals surface area (Å²) in [5.41, 5.74) is 1.88. The molecule has 0 radical (unpaired) electrons. The van der Waals surface area contributed by atoms with E-state index >= 15 is 0 Å². The van der Waals surface area contributed by atoms with Crippen molar-refractivity contribution >= 4 is 41.1 Å². The number of carboxylic acids is 3. The molecule has 1 aromatic carbocycles. The van der Waals surface area contributed by atoms with E-state index in [-0.39, 0.29) is 30.9 Å². The summed E-state index contributed by atoms with van der Waals surface area (Å²) in [7, 11) is 0. The summed E-state index contributed by atoms with van der Waals surface area (Å²) in [6.45, 7) is 1.56. The van der Waals surface area contributed by atoms with Crippen LogP contribution in [0, 0.1) is 0 Å². The van der Waals surface area contributed by atoms with Crippen LogP contribution >= 0.6 is 11.3 Å². The topological polar surface area (TPSA) is 192 Å². The van der Waals surface area contributed by atoms with Gasteiger partial charge in [-0.1, -0.05) is 12.1 Å². The van der Waals surface area contributed by atoms with Gasteiger partial charge in [-0.3, -0.25) is 9.59 Å². The fourth-order valence-corrected chi connectivity index (χ4v) is 5.63. The van der Waals surface area contributed by atoms with Crippen molar-refractivity contribution in [3.05, 3.63) is 51.2 Å². The van der Waals surface area contributed by atoms with E-state index in [1.54, 1.807) is 29.2 Å². The molecule has 2 amide bonds. The minimum absolute atomic E-state index is 0.218. The van der Waals surface area contributed by atoms with Crippen LogP contribution in [0.5, 0.6) is 5.75 Å². The lowest BCUT2D eigenvalue weighted by molar-refractivity contribution is -0.192. The number of likely N-dealkylation sites (tertiary alicyclic amines) is 1. The summed E-state index contributed by atoms with van der Waals surface area (Å²) < 4.78 is 42.3. The standard InChI is InChI=1S/C26H31N3O8S.C2HF3O2/c30-23(31)14-36-18-3-1-16(2-4-18)11-20(26(35)29-9-6-19(7-10-29)37-15-24(32)33)28-25(34)22-12-17-13-27-8-5-21(17)38-22;3-2(4,5)1(6)7/h1-4,12,19-20,27H,5-11,13-15H2,(H,28,34)(H,30,31)(H,32,33);(H,6,7)/t20-;/m0./s1. The molecule has 2 aliphatic rings. The maximum atomic E-state index is 13.6. The highest BCUT2D eigenvalue weighted by Crippen LogP contribution is 2.26. The summed E-state index contributed by atoms with van der Waals surface area (Å²) >= 11 is 1.45. The maximum Gasteiger partial charge on any atom is 0.490 e. The van der Waals surface area contributed by atoms with Gasteiger partial charge in [0.1, 0.15) is 18.4 Å². The van der Waals surface area contributed by atoms with Gasteiger partial charge in [0.05, 0.1) is 11.0 Å². The number of carbonyl (C=O) groups excluding carboxylic acids is 2. The highest BCUT2D eigenvalue weighted by atomic mass is 32.1. The van der Waals surface area contributed by atoms with Gasteiger partial charge >= 0.3 is 24.1 Å². The van der Waals surface area contributed by atoms with E-state index in [2.05, 4.69) is 10.6 Å². The van der Waals surface area contributed by atoms with Gasteiger partial charge in [-0.05, 0) is 48.6 Å². The summed E-state index contributed by atoms with van der Waals surface area (Å²) in [6.07, 6.45) is -3.18. The molecule has 45 heavy (non-hydrogen) atoms. The fraction of sp³-hybridized carbons (Fsp3) is 0.464. The van der Waals surface area contributed by atoms with E-state index in [0.717, 1.165) is 30.6 Å². The lowest BCUT2D eigenvalue weighted by Gasteiger charge is -2.34. The summed E-state index contributed by atoms with van der Waals surface area (Å²) in [6, 6.07) is 7.81. The molecule has 0 saturated carbocycles. The predicted molar refractivity (Wildman–Crippen MR) is 151 cm³/mol. The third-order valence-electron chi connectivity index (χ3n) is 6.73. The Morgan fingerprint density at radius 1 is 1.02 bits per heavy atom. The molecule has 1 fully saturated rings. The van der Waals surface area contributed by atoms with Crippen LogP contribution in [0.3, 0.4) is 0 Å². The largest absolute Gasteiger partial charge is 0.490 e. The number of nitrogens with zero attached hydrogens (tertiary/aromatic N) is 1. The van der Waals surface area contributed by atoms with E-state index in [9.17, 15) is 32.3 Å². The van der Waals surface area contributed by atoms with Crippen LogP contribution in [-0.2, 0) is 43.3 Å². The number of carboxylic acid groups (broad SMARTS) is 3. The minimum atomic E-state index is -5.08. The van der Waals surface area contributed by atoms with Crippen LogP contribution in [-0.4, -0.2) is 101 Å². The number of hydrogen-bond acceptors (Lipinski definition) is 9. The van der Waals surface area contributed by atoms with Crippen molar-refractivity contribution in [1.82, 2.24) is 15.5 Å². The second-order valence-corrected chi connectivity index (χ2v) is 11.2. The van der Waals surface area contributed by atoms with Gasteiger partial charge in [-0.2, -0.15) is 13.2 Å². The number of hydrogen-bond donors (Lipinski definition) is 5. The summed E-state index contributed by atoms with van der Waals surface area (Å²) in [5, 5.41) is 31.0. The number of alkyl halides is 3. The molecule has 5 N–H and O–H groups in total. The van der Waals surface area contributed by atoms with E-state index in [0.29, 0.717) is 36.6 Å². The van der Waals surface area contributed by atoms with E-state index in [4.69, 9.17) is 29.6 Å². The van der Waals surface area contributed by atoms with Crippen molar-refractivity contribution in [2.45, 2.75) is 50.6 Å². The first-order chi connectivity index (χ1) is 21.2. The van der Waals surface area contributed by atoms with Crippen molar-refractivity contribution < 1.29 is 61.9 Å². The second-order valence-electron chi connectivity index (χ2n) is 10.1. The Bertz CT molecular complexity index is 1340. The Hall–Kier alpha value is -4.22. The van der Waals surface area contributed by atoms with Gasteiger partial charge in [0.25, 0.3) is 5.91 Å². The first-order valence-electron chi connectivity index (χ1n) is 13.7. The maximum absolute atomic E-state index is 13.6. The Labute approximate surface area is 258 Å². The molecular formula is C28H32F3N3O10S. The molecule has 1 atom stereocenters. The molecule has 0 bridgehead atoms. The number of rotatable bonds is 11. The monoisotopic (exact) mass is 659 g/mol. The number of carbonyl (C=O) groups is 5. The molecule has 2 aromatic rings. The summed E-state index contributed by atoms with van der Waals surface area (Å²) in [5.74, 6) is -4.99. The van der Waals surface area contributed by atoms with Crippen molar-refractivity contribution in [1.29, 1.82) is 0 Å². The Morgan fingerprint density at radius 2 is 1.64 bits per heavy atom. The third-order valence-corrected chi connectivity index (χ3v) is 7.97. The number of amides is 2. The summed E-state index contributed by atoms with van der Waals surface area (Å²) in [4.78, 5) is 60.6. The SMILES string of the molecule is O=C(O)C(F)(F)F.O=C(O)COc1ccc(C[C@H](NC(=O)c2cc3c(s2)CCNC3)C(=O)N2CCC(OCC(=O)O)CC2)cc1. The third kappa shape index (κ3) is 11.3. The van der Waals surface area contributed by atoms with Crippen molar-refractivity contribution in [2.75, 3.05) is 32.8 Å². The molecule has 246 valence electrons. The Morgan fingerprint density at radius 3 is 2.20 bits per heavy atom. The molecular weight excluding hydrogens is 627 g/mol. The quantitative estimate of drug-likeness (QED) is 0.237. The number of thiophene rings is 1. The molecule has 1 aromatic heterocycles. The average Bonchev–Trinajstić information content (AvgIpc) is 3.44. The molecule has 1 saturated heterocycles. The van der Waals surface area contributed by atoms with Gasteiger partial charge in [0.2, 0.25) is 5.91 Å². The molecule has 4 rings (SSSR count).